The van der Waals surface area contributed by atoms with Gasteiger partial charge < -0.3 is 14.2 Å². The molecular weight excluding hydrogens is 274 g/mol. The van der Waals surface area contributed by atoms with Crippen molar-refractivity contribution in [3.63, 3.8) is 0 Å². The van der Waals surface area contributed by atoms with Crippen molar-refractivity contribution >= 4 is 12.1 Å². The van der Waals surface area contributed by atoms with E-state index in [2.05, 4.69) is 6.92 Å². The fourth-order valence-electron chi connectivity index (χ4n) is 1.70. The van der Waals surface area contributed by atoms with Gasteiger partial charge in [0, 0.05) is 19.2 Å². The highest BCUT2D eigenvalue weighted by Gasteiger charge is 2.30. The average molecular weight is 301 g/mol. The van der Waals surface area contributed by atoms with Crippen molar-refractivity contribution in [2.24, 2.45) is 5.92 Å². The van der Waals surface area contributed by atoms with Crippen molar-refractivity contribution in [2.45, 2.75) is 46.1 Å². The molecule has 2 atom stereocenters. The van der Waals surface area contributed by atoms with Crippen molar-refractivity contribution < 1.29 is 23.8 Å². The normalized spacial score (nSPS) is 13.6. The van der Waals surface area contributed by atoms with Gasteiger partial charge in [-0.3, -0.25) is 4.90 Å². The van der Waals surface area contributed by atoms with Gasteiger partial charge in [0.2, 0.25) is 6.10 Å². The molecule has 21 heavy (non-hydrogen) atoms. The van der Waals surface area contributed by atoms with E-state index in [1.165, 1.54) is 31.5 Å². The molecule has 0 aromatic carbocycles. The first-order valence-corrected chi connectivity index (χ1v) is 7.27. The monoisotopic (exact) mass is 301 g/mol. The maximum Gasteiger partial charge on any atom is 0.414 e. The van der Waals surface area contributed by atoms with Gasteiger partial charge in [0.05, 0.1) is 20.0 Å². The average Bonchev–Trinajstić information content (AvgIpc) is 2.47. The lowest BCUT2D eigenvalue weighted by atomic mass is 9.98. The van der Waals surface area contributed by atoms with Crippen molar-refractivity contribution in [2.75, 3.05) is 20.8 Å². The van der Waals surface area contributed by atoms with Crippen LogP contribution in [-0.4, -0.2) is 43.8 Å². The summed E-state index contributed by atoms with van der Waals surface area (Å²) in [6.45, 7) is 5.94. The molecule has 0 saturated carbocycles. The van der Waals surface area contributed by atoms with Gasteiger partial charge in [-0.25, -0.2) is 9.59 Å². The topological polar surface area (TPSA) is 65.1 Å². The van der Waals surface area contributed by atoms with Gasteiger partial charge in [0.15, 0.2) is 0 Å². The number of hydrogen-bond acceptors (Lipinski definition) is 5. The SMILES string of the molecule is CCCCC(C)C(OC(=O)N(C)/C=C\OC)C(=O)OCC. The molecule has 0 saturated heterocycles. The van der Waals surface area contributed by atoms with Crippen LogP contribution in [0.25, 0.3) is 0 Å². The second-order valence-corrected chi connectivity index (χ2v) is 4.81. The van der Waals surface area contributed by atoms with Gasteiger partial charge in [0.1, 0.15) is 0 Å². The third-order valence-corrected chi connectivity index (χ3v) is 2.99. The zero-order valence-corrected chi connectivity index (χ0v) is 13.6. The highest BCUT2D eigenvalue weighted by molar-refractivity contribution is 5.79. The maximum absolute atomic E-state index is 12.0. The molecule has 0 heterocycles. The lowest BCUT2D eigenvalue weighted by Gasteiger charge is -2.24. The number of nitrogens with zero attached hydrogens (tertiary/aromatic N) is 1. The molecule has 1 amide bonds. The molecule has 0 aliphatic carbocycles. The van der Waals surface area contributed by atoms with Gasteiger partial charge in [-0.05, 0) is 13.3 Å². The number of methoxy groups -OCH3 is 1. The molecule has 0 fully saturated rings. The Morgan fingerprint density at radius 3 is 2.48 bits per heavy atom. The largest absolute Gasteiger partial charge is 0.503 e. The van der Waals surface area contributed by atoms with Gasteiger partial charge in [-0.15, -0.1) is 0 Å². The van der Waals surface area contributed by atoms with Crippen LogP contribution in [0.15, 0.2) is 12.5 Å². The Morgan fingerprint density at radius 2 is 1.95 bits per heavy atom. The summed E-state index contributed by atoms with van der Waals surface area (Å²) < 4.78 is 15.0. The third-order valence-electron chi connectivity index (χ3n) is 2.99. The minimum atomic E-state index is -0.887. The smallest absolute Gasteiger partial charge is 0.414 e. The van der Waals surface area contributed by atoms with Crippen molar-refractivity contribution in [1.29, 1.82) is 0 Å². The Balaban J connectivity index is 4.76. The zero-order chi connectivity index (χ0) is 16.3. The quantitative estimate of drug-likeness (QED) is 0.484. The molecule has 0 aliphatic heterocycles. The number of rotatable bonds is 9. The summed E-state index contributed by atoms with van der Waals surface area (Å²) in [5.74, 6) is -0.591. The van der Waals surface area contributed by atoms with E-state index in [1.807, 2.05) is 6.92 Å². The van der Waals surface area contributed by atoms with Crippen LogP contribution in [0.3, 0.4) is 0 Å². The number of esters is 1. The first-order chi connectivity index (χ1) is 9.97. The van der Waals surface area contributed by atoms with E-state index >= 15 is 0 Å². The van der Waals surface area contributed by atoms with Crippen LogP contribution in [0, 0.1) is 5.92 Å². The highest BCUT2D eigenvalue weighted by Crippen LogP contribution is 2.18. The fourth-order valence-corrected chi connectivity index (χ4v) is 1.70. The molecule has 6 nitrogen and oxygen atoms in total. The number of carbonyl (C=O) groups excluding carboxylic acids is 2. The Kier molecular flexibility index (Phi) is 10.1. The van der Waals surface area contributed by atoms with Crippen LogP contribution in [0.1, 0.15) is 40.0 Å². The van der Waals surface area contributed by atoms with Crippen LogP contribution in [-0.2, 0) is 19.0 Å². The molecule has 0 N–H and O–H groups in total. The Labute approximate surface area is 127 Å². The van der Waals surface area contributed by atoms with E-state index in [9.17, 15) is 9.59 Å². The Morgan fingerprint density at radius 1 is 1.29 bits per heavy atom. The fraction of sp³-hybridized carbons (Fsp3) is 0.733. The highest BCUT2D eigenvalue weighted by atomic mass is 16.6. The minimum Gasteiger partial charge on any atom is -0.503 e. The number of amides is 1. The number of carbonyl (C=O) groups is 2. The van der Waals surface area contributed by atoms with Crippen LogP contribution in [0.2, 0.25) is 0 Å². The molecule has 0 aromatic rings. The van der Waals surface area contributed by atoms with Gasteiger partial charge in [-0.1, -0.05) is 26.7 Å². The molecule has 2 unspecified atom stereocenters. The van der Waals surface area contributed by atoms with Crippen LogP contribution >= 0.6 is 0 Å². The van der Waals surface area contributed by atoms with Crippen LogP contribution < -0.4 is 0 Å². The Bertz CT molecular complexity index is 343. The summed E-state index contributed by atoms with van der Waals surface area (Å²) in [6, 6.07) is 0. The predicted molar refractivity (Wildman–Crippen MR) is 79.5 cm³/mol. The maximum atomic E-state index is 12.0. The molecule has 0 aliphatic rings. The molecule has 122 valence electrons. The predicted octanol–water partition coefficient (Wildman–Crippen LogP) is 2.93. The minimum absolute atomic E-state index is 0.0900. The molecule has 0 radical (unpaired) electrons. The summed E-state index contributed by atoms with van der Waals surface area (Å²) in [6.07, 6.45) is 4.04. The number of unbranched alkanes of at least 4 members (excludes halogenated alkanes) is 1. The zero-order valence-electron chi connectivity index (χ0n) is 13.6. The number of hydrogen-bond donors (Lipinski definition) is 0. The second kappa shape index (κ2) is 11.0. The van der Waals surface area contributed by atoms with Crippen LogP contribution in [0.4, 0.5) is 4.79 Å². The lowest BCUT2D eigenvalue weighted by Crippen LogP contribution is -2.38. The third kappa shape index (κ3) is 7.58. The first-order valence-electron chi connectivity index (χ1n) is 7.27. The van der Waals surface area contributed by atoms with Gasteiger partial charge in [-0.2, -0.15) is 0 Å². The van der Waals surface area contributed by atoms with E-state index < -0.39 is 18.2 Å². The van der Waals surface area contributed by atoms with E-state index in [0.717, 1.165) is 19.3 Å². The van der Waals surface area contributed by atoms with E-state index in [1.54, 1.807) is 6.92 Å². The molecule has 0 rings (SSSR count). The van der Waals surface area contributed by atoms with Crippen molar-refractivity contribution in [1.82, 2.24) is 4.90 Å². The summed E-state index contributed by atoms with van der Waals surface area (Å²) >= 11 is 0. The lowest BCUT2D eigenvalue weighted by molar-refractivity contribution is -0.156. The molecule has 0 aromatic heterocycles. The van der Waals surface area contributed by atoms with E-state index in [-0.39, 0.29) is 12.5 Å². The summed E-state index contributed by atoms with van der Waals surface area (Å²) in [4.78, 5) is 25.1. The summed E-state index contributed by atoms with van der Waals surface area (Å²) in [7, 11) is 3.00. The molecule has 0 spiro atoms. The second-order valence-electron chi connectivity index (χ2n) is 4.81. The summed E-state index contributed by atoms with van der Waals surface area (Å²) in [5.41, 5.74) is 0. The molecule has 6 heteroatoms. The van der Waals surface area contributed by atoms with Crippen LogP contribution in [0.5, 0.6) is 0 Å². The van der Waals surface area contributed by atoms with Crippen molar-refractivity contribution in [3.05, 3.63) is 12.5 Å². The van der Waals surface area contributed by atoms with E-state index in [4.69, 9.17) is 14.2 Å². The summed E-state index contributed by atoms with van der Waals surface area (Å²) in [5, 5.41) is 0. The van der Waals surface area contributed by atoms with Gasteiger partial charge >= 0.3 is 12.1 Å². The van der Waals surface area contributed by atoms with E-state index in [0.29, 0.717) is 0 Å². The van der Waals surface area contributed by atoms with Crippen molar-refractivity contribution in [3.8, 4) is 0 Å². The molecule has 0 bridgehead atoms. The molecular formula is C15H27NO5. The number of ether oxygens (including phenoxy) is 3. The first kappa shape index (κ1) is 19.3. The standard InChI is InChI=1S/C15H27NO5/c1-6-8-9-12(3)13(14(17)20-7-2)21-15(18)16(4)10-11-19-5/h10-13H,6-9H2,1-5H3/b11-10-. The van der Waals surface area contributed by atoms with Gasteiger partial charge in [0.25, 0.3) is 0 Å². The Hall–Kier alpha value is -1.72.